The largest absolute Gasteiger partial charge is 0.435 e. The van der Waals surface area contributed by atoms with Gasteiger partial charge in [0.05, 0.1) is 11.4 Å². The molecular formula is C22H21F2N3OS. The Morgan fingerprint density at radius 3 is 2.55 bits per heavy atom. The van der Waals surface area contributed by atoms with Crippen LogP contribution in [0.4, 0.5) is 8.78 Å². The van der Waals surface area contributed by atoms with Crippen LogP contribution in [0.2, 0.25) is 0 Å². The number of hydrogen-bond acceptors (Lipinski definition) is 4. The molecule has 0 saturated carbocycles. The van der Waals surface area contributed by atoms with Crippen LogP contribution in [-0.4, -0.2) is 24.0 Å². The second-order valence-electron chi connectivity index (χ2n) is 6.75. The number of ether oxygens (including phenoxy) is 1. The first-order valence-electron chi connectivity index (χ1n) is 9.50. The SMILES string of the molecule is CN=c1scc(-c2ccc(OC(F)F)cc2)n1/N=C1/CCCCc2ccccc21. The molecule has 1 aliphatic rings. The first kappa shape index (κ1) is 19.5. The topological polar surface area (TPSA) is 38.9 Å². The first-order valence-corrected chi connectivity index (χ1v) is 10.4. The molecule has 0 radical (unpaired) electrons. The van der Waals surface area contributed by atoms with E-state index in [2.05, 4.69) is 27.9 Å². The van der Waals surface area contributed by atoms with Crippen LogP contribution >= 0.6 is 11.3 Å². The Kier molecular flexibility index (Phi) is 5.85. The van der Waals surface area contributed by atoms with E-state index in [0.29, 0.717) is 0 Å². The predicted octanol–water partition coefficient (Wildman–Crippen LogP) is 5.33. The Morgan fingerprint density at radius 1 is 1.03 bits per heavy atom. The molecule has 0 amide bonds. The fraction of sp³-hybridized carbons (Fsp3) is 0.273. The van der Waals surface area contributed by atoms with Gasteiger partial charge < -0.3 is 4.74 Å². The van der Waals surface area contributed by atoms with Crippen molar-refractivity contribution in [1.29, 1.82) is 0 Å². The predicted molar refractivity (Wildman–Crippen MR) is 112 cm³/mol. The number of thiazole rings is 1. The van der Waals surface area contributed by atoms with Gasteiger partial charge in [0.15, 0.2) is 0 Å². The summed E-state index contributed by atoms with van der Waals surface area (Å²) < 4.78 is 31.1. The van der Waals surface area contributed by atoms with E-state index in [9.17, 15) is 8.78 Å². The van der Waals surface area contributed by atoms with Crippen LogP contribution < -0.4 is 9.54 Å². The lowest BCUT2D eigenvalue weighted by Gasteiger charge is -2.10. The summed E-state index contributed by atoms with van der Waals surface area (Å²) >= 11 is 1.50. The number of hydrogen-bond donors (Lipinski definition) is 0. The van der Waals surface area contributed by atoms with Crippen molar-refractivity contribution in [2.24, 2.45) is 10.1 Å². The van der Waals surface area contributed by atoms with Crippen molar-refractivity contribution in [3.63, 3.8) is 0 Å². The molecule has 0 unspecified atom stereocenters. The van der Waals surface area contributed by atoms with Crippen molar-refractivity contribution in [3.8, 4) is 17.0 Å². The van der Waals surface area contributed by atoms with Crippen LogP contribution in [0, 0.1) is 0 Å². The van der Waals surface area contributed by atoms with E-state index in [1.54, 1.807) is 31.3 Å². The minimum absolute atomic E-state index is 0.134. The second-order valence-corrected chi connectivity index (χ2v) is 7.59. The molecule has 0 spiro atoms. The highest BCUT2D eigenvalue weighted by molar-refractivity contribution is 7.07. The summed E-state index contributed by atoms with van der Waals surface area (Å²) in [5.74, 6) is 0.134. The van der Waals surface area contributed by atoms with Crippen LogP contribution in [0.5, 0.6) is 5.75 Å². The summed E-state index contributed by atoms with van der Waals surface area (Å²) in [4.78, 5) is 5.15. The second kappa shape index (κ2) is 8.69. The standard InChI is InChI=1S/C22H21F2N3OS/c1-25-22-27(26-19-9-5-3-7-15-6-2-4-8-18(15)19)20(14-29-22)16-10-12-17(13-11-16)28-21(23)24/h2,4,6,8,10-14,21H,3,5,7,9H2,1H3/b25-22?,26-19-. The van der Waals surface area contributed by atoms with Gasteiger partial charge in [0.2, 0.25) is 4.80 Å². The van der Waals surface area contributed by atoms with Crippen LogP contribution in [0.15, 0.2) is 64.0 Å². The Morgan fingerprint density at radius 2 is 1.79 bits per heavy atom. The lowest BCUT2D eigenvalue weighted by Crippen LogP contribution is -2.15. The summed E-state index contributed by atoms with van der Waals surface area (Å²) in [7, 11) is 1.74. The Bertz CT molecular complexity index is 1080. The third-order valence-electron chi connectivity index (χ3n) is 4.91. The highest BCUT2D eigenvalue weighted by atomic mass is 32.1. The molecule has 7 heteroatoms. The molecule has 4 rings (SSSR count). The summed E-state index contributed by atoms with van der Waals surface area (Å²) in [5, 5.41) is 6.98. The lowest BCUT2D eigenvalue weighted by atomic mass is 10.0. The van der Waals surface area contributed by atoms with E-state index in [1.807, 2.05) is 16.1 Å². The molecule has 0 atom stereocenters. The zero-order valence-corrected chi connectivity index (χ0v) is 16.8. The van der Waals surface area contributed by atoms with Crippen LogP contribution in [0.25, 0.3) is 11.3 Å². The molecule has 4 nitrogen and oxygen atoms in total. The summed E-state index contributed by atoms with van der Waals surface area (Å²) in [5.41, 5.74) is 5.30. The molecule has 0 bridgehead atoms. The Balaban J connectivity index is 1.78. The zero-order chi connectivity index (χ0) is 20.2. The van der Waals surface area contributed by atoms with Crippen molar-refractivity contribution in [1.82, 2.24) is 4.68 Å². The number of aryl methyl sites for hydroxylation is 1. The van der Waals surface area contributed by atoms with Gasteiger partial charge in [-0.1, -0.05) is 24.3 Å². The summed E-state index contributed by atoms with van der Waals surface area (Å²) in [6, 6.07) is 15.0. The van der Waals surface area contributed by atoms with Crippen molar-refractivity contribution < 1.29 is 13.5 Å². The number of alkyl halides is 2. The van der Waals surface area contributed by atoms with E-state index < -0.39 is 6.61 Å². The van der Waals surface area contributed by atoms with E-state index >= 15 is 0 Å². The maximum absolute atomic E-state index is 12.4. The minimum Gasteiger partial charge on any atom is -0.435 e. The molecule has 150 valence electrons. The Hall–Kier alpha value is -2.80. The van der Waals surface area contributed by atoms with E-state index in [4.69, 9.17) is 5.10 Å². The minimum atomic E-state index is -2.83. The number of fused-ring (bicyclic) bond motifs is 1. The molecule has 1 heterocycles. The smallest absolute Gasteiger partial charge is 0.387 e. The third-order valence-corrected chi connectivity index (χ3v) is 5.82. The quantitative estimate of drug-likeness (QED) is 0.533. The lowest BCUT2D eigenvalue weighted by molar-refractivity contribution is -0.0498. The molecular weight excluding hydrogens is 392 g/mol. The molecule has 0 N–H and O–H groups in total. The first-order chi connectivity index (χ1) is 14.2. The van der Waals surface area contributed by atoms with Gasteiger partial charge in [-0.05, 0) is 55.5 Å². The van der Waals surface area contributed by atoms with Gasteiger partial charge in [-0.3, -0.25) is 4.99 Å². The van der Waals surface area contributed by atoms with Crippen molar-refractivity contribution >= 4 is 17.0 Å². The zero-order valence-electron chi connectivity index (χ0n) is 16.0. The molecule has 29 heavy (non-hydrogen) atoms. The molecule has 0 saturated heterocycles. The normalized spacial score (nSPS) is 16.1. The monoisotopic (exact) mass is 413 g/mol. The van der Waals surface area contributed by atoms with Crippen LogP contribution in [0.1, 0.15) is 30.4 Å². The number of aromatic nitrogens is 1. The van der Waals surface area contributed by atoms with Crippen molar-refractivity contribution in [2.45, 2.75) is 32.3 Å². The molecule has 1 aliphatic carbocycles. The van der Waals surface area contributed by atoms with E-state index in [0.717, 1.165) is 47.5 Å². The fourth-order valence-corrected chi connectivity index (χ4v) is 4.34. The van der Waals surface area contributed by atoms with Crippen molar-refractivity contribution in [3.05, 3.63) is 69.8 Å². The van der Waals surface area contributed by atoms with Gasteiger partial charge in [0.1, 0.15) is 5.75 Å². The molecule has 2 aromatic carbocycles. The molecule has 1 aromatic heterocycles. The average Bonchev–Trinajstić information content (AvgIpc) is 3.01. The number of benzene rings is 2. The highest BCUT2D eigenvalue weighted by Gasteiger charge is 2.16. The van der Waals surface area contributed by atoms with Gasteiger partial charge in [0.25, 0.3) is 0 Å². The Labute approximate surface area is 171 Å². The maximum Gasteiger partial charge on any atom is 0.387 e. The maximum atomic E-state index is 12.4. The fourth-order valence-electron chi connectivity index (χ4n) is 3.54. The highest BCUT2D eigenvalue weighted by Crippen LogP contribution is 2.26. The van der Waals surface area contributed by atoms with Crippen LogP contribution in [-0.2, 0) is 6.42 Å². The van der Waals surface area contributed by atoms with Crippen LogP contribution in [0.3, 0.4) is 0 Å². The summed E-state index contributed by atoms with van der Waals surface area (Å²) in [6.45, 7) is -2.83. The van der Waals surface area contributed by atoms with Gasteiger partial charge in [-0.2, -0.15) is 13.9 Å². The van der Waals surface area contributed by atoms with Gasteiger partial charge >= 0.3 is 6.61 Å². The third kappa shape index (κ3) is 4.29. The van der Waals surface area contributed by atoms with E-state index in [-0.39, 0.29) is 5.75 Å². The summed E-state index contributed by atoms with van der Waals surface area (Å²) in [6.07, 6.45) is 4.20. The average molecular weight is 413 g/mol. The van der Waals surface area contributed by atoms with Gasteiger partial charge in [0, 0.05) is 23.6 Å². The molecule has 0 aliphatic heterocycles. The van der Waals surface area contributed by atoms with E-state index in [1.165, 1.54) is 22.5 Å². The molecule has 3 aromatic rings. The molecule has 0 fully saturated rings. The number of halogens is 2. The number of nitrogens with zero attached hydrogens (tertiary/aromatic N) is 3. The van der Waals surface area contributed by atoms with Gasteiger partial charge in [-0.25, -0.2) is 4.68 Å². The van der Waals surface area contributed by atoms with Gasteiger partial charge in [-0.15, -0.1) is 11.3 Å². The van der Waals surface area contributed by atoms with Crippen molar-refractivity contribution in [2.75, 3.05) is 7.05 Å². The number of rotatable bonds is 4.